The molecule has 0 atom stereocenters. The van der Waals surface area contributed by atoms with Crippen LogP contribution in [-0.2, 0) is 5.75 Å². The van der Waals surface area contributed by atoms with Crippen molar-refractivity contribution in [2.45, 2.75) is 17.8 Å². The number of ether oxygens (including phenoxy) is 1. The molecule has 3 aromatic heterocycles. The summed E-state index contributed by atoms with van der Waals surface area (Å²) in [6, 6.07) is 12.0. The normalized spacial score (nSPS) is 11.0. The molecule has 0 aliphatic carbocycles. The number of para-hydroxylation sites is 2. The number of nitrogens with zero attached hydrogens (tertiary/aromatic N) is 4. The number of hydrogen-bond donors (Lipinski definition) is 0. The summed E-state index contributed by atoms with van der Waals surface area (Å²) >= 11 is 4.94. The molecule has 0 saturated heterocycles. The molecular weight excluding hydrogens is 384 g/mol. The lowest BCUT2D eigenvalue weighted by molar-refractivity contribution is 0.412. The number of thioether (sulfide) groups is 1. The van der Waals surface area contributed by atoms with E-state index in [1.54, 1.807) is 41.5 Å². The van der Waals surface area contributed by atoms with Crippen LogP contribution in [0.5, 0.6) is 5.75 Å². The molecule has 0 bridgehead atoms. The molecule has 26 heavy (non-hydrogen) atoms. The van der Waals surface area contributed by atoms with E-state index in [-0.39, 0.29) is 0 Å². The van der Waals surface area contributed by atoms with Gasteiger partial charge in [0.25, 0.3) is 0 Å². The molecule has 5 nitrogen and oxygen atoms in total. The lowest BCUT2D eigenvalue weighted by atomic mass is 10.3. The molecule has 0 saturated carbocycles. The molecule has 0 N–H and O–H groups in total. The van der Waals surface area contributed by atoms with E-state index in [1.807, 2.05) is 42.6 Å². The van der Waals surface area contributed by atoms with Gasteiger partial charge in [-0.05, 0) is 30.5 Å². The van der Waals surface area contributed by atoms with E-state index in [9.17, 15) is 0 Å². The first-order valence-corrected chi connectivity index (χ1v) is 10.7. The summed E-state index contributed by atoms with van der Waals surface area (Å²) in [6.45, 7) is 2.02. The maximum atomic E-state index is 5.57. The Kier molecular flexibility index (Phi) is 5.05. The first-order valence-electron chi connectivity index (χ1n) is 7.92. The van der Waals surface area contributed by atoms with Crippen molar-refractivity contribution in [3.8, 4) is 22.1 Å². The average Bonchev–Trinajstić information content (AvgIpc) is 3.40. The fourth-order valence-electron chi connectivity index (χ4n) is 2.57. The maximum Gasteiger partial charge on any atom is 0.196 e. The lowest BCUT2D eigenvalue weighted by Gasteiger charge is -2.13. The fraction of sp³-hybridized carbons (Fsp3) is 0.167. The van der Waals surface area contributed by atoms with Gasteiger partial charge < -0.3 is 4.74 Å². The Morgan fingerprint density at radius 1 is 1.12 bits per heavy atom. The van der Waals surface area contributed by atoms with Gasteiger partial charge in [0.1, 0.15) is 5.75 Å². The van der Waals surface area contributed by atoms with Gasteiger partial charge in [0, 0.05) is 11.1 Å². The van der Waals surface area contributed by atoms with Crippen LogP contribution in [0, 0.1) is 6.92 Å². The molecule has 0 radical (unpaired) electrons. The van der Waals surface area contributed by atoms with E-state index in [0.717, 1.165) is 43.7 Å². The molecule has 0 aliphatic heterocycles. The van der Waals surface area contributed by atoms with Crippen LogP contribution in [-0.4, -0.2) is 26.9 Å². The number of aromatic nitrogens is 4. The summed E-state index contributed by atoms with van der Waals surface area (Å²) in [5, 5.41) is 14.9. The van der Waals surface area contributed by atoms with Gasteiger partial charge in [0.05, 0.1) is 28.4 Å². The van der Waals surface area contributed by atoms with Crippen molar-refractivity contribution in [2.24, 2.45) is 0 Å². The van der Waals surface area contributed by atoms with Gasteiger partial charge in [-0.25, -0.2) is 4.98 Å². The Balaban J connectivity index is 1.76. The van der Waals surface area contributed by atoms with Crippen molar-refractivity contribution in [1.29, 1.82) is 0 Å². The average molecular weight is 401 g/mol. The van der Waals surface area contributed by atoms with Crippen LogP contribution in [0.2, 0.25) is 0 Å². The first kappa shape index (κ1) is 17.3. The largest absolute Gasteiger partial charge is 0.495 e. The zero-order chi connectivity index (χ0) is 17.9. The summed E-state index contributed by atoms with van der Waals surface area (Å²) in [5.74, 6) is 2.36. The van der Waals surface area contributed by atoms with Crippen LogP contribution in [0.25, 0.3) is 16.4 Å². The predicted octanol–water partition coefficient (Wildman–Crippen LogP) is 5.06. The van der Waals surface area contributed by atoms with Gasteiger partial charge in [-0.1, -0.05) is 30.0 Å². The number of methoxy groups -OCH3 is 1. The van der Waals surface area contributed by atoms with Crippen LogP contribution >= 0.6 is 34.4 Å². The zero-order valence-electron chi connectivity index (χ0n) is 14.2. The third-order valence-electron chi connectivity index (χ3n) is 3.72. The highest BCUT2D eigenvalue weighted by Crippen LogP contribution is 2.34. The number of benzene rings is 1. The first-order chi connectivity index (χ1) is 12.8. The topological polar surface area (TPSA) is 52.8 Å². The predicted molar refractivity (Wildman–Crippen MR) is 108 cm³/mol. The molecule has 0 fully saturated rings. The maximum absolute atomic E-state index is 5.57. The highest BCUT2D eigenvalue weighted by atomic mass is 32.2. The molecule has 0 unspecified atom stereocenters. The number of rotatable bonds is 6. The fourth-order valence-corrected chi connectivity index (χ4v) is 4.83. The van der Waals surface area contributed by atoms with Crippen LogP contribution in [0.4, 0.5) is 0 Å². The molecule has 0 amide bonds. The minimum absolute atomic E-state index is 0.752. The SMILES string of the molecule is COc1ccccc1-n1c(SCc2csc(C)n2)nnc1-c1cccs1. The Bertz CT molecular complexity index is 1010. The van der Waals surface area contributed by atoms with Gasteiger partial charge in [0.15, 0.2) is 11.0 Å². The Labute approximate surface area is 163 Å². The Hall–Kier alpha value is -2.16. The van der Waals surface area contributed by atoms with Crippen molar-refractivity contribution < 1.29 is 4.74 Å². The van der Waals surface area contributed by atoms with Crippen LogP contribution in [0.15, 0.2) is 52.3 Å². The summed E-state index contributed by atoms with van der Waals surface area (Å²) in [6.07, 6.45) is 0. The van der Waals surface area contributed by atoms with Crippen molar-refractivity contribution in [3.05, 3.63) is 57.9 Å². The smallest absolute Gasteiger partial charge is 0.196 e. The second-order valence-corrected chi connectivity index (χ2v) is 8.39. The molecule has 0 aliphatic rings. The number of thiazole rings is 1. The Morgan fingerprint density at radius 2 is 2.00 bits per heavy atom. The minimum atomic E-state index is 0.752. The molecule has 4 rings (SSSR count). The second kappa shape index (κ2) is 7.61. The molecule has 132 valence electrons. The molecule has 8 heteroatoms. The van der Waals surface area contributed by atoms with E-state index < -0.39 is 0 Å². The van der Waals surface area contributed by atoms with Crippen molar-refractivity contribution in [2.75, 3.05) is 7.11 Å². The van der Waals surface area contributed by atoms with Crippen LogP contribution < -0.4 is 4.74 Å². The van der Waals surface area contributed by atoms with Gasteiger partial charge in [-0.15, -0.1) is 32.9 Å². The zero-order valence-corrected chi connectivity index (χ0v) is 16.7. The monoisotopic (exact) mass is 400 g/mol. The van der Waals surface area contributed by atoms with Gasteiger partial charge >= 0.3 is 0 Å². The van der Waals surface area contributed by atoms with E-state index in [2.05, 4.69) is 31.2 Å². The third-order valence-corrected chi connectivity index (χ3v) is 6.37. The number of hydrogen-bond acceptors (Lipinski definition) is 7. The molecular formula is C18H16N4OS3. The highest BCUT2D eigenvalue weighted by molar-refractivity contribution is 7.98. The molecule has 3 heterocycles. The van der Waals surface area contributed by atoms with Gasteiger partial charge in [-0.3, -0.25) is 4.57 Å². The highest BCUT2D eigenvalue weighted by Gasteiger charge is 2.19. The van der Waals surface area contributed by atoms with Gasteiger partial charge in [0.2, 0.25) is 0 Å². The number of thiophene rings is 1. The number of aryl methyl sites for hydroxylation is 1. The third kappa shape index (κ3) is 3.40. The summed E-state index contributed by atoms with van der Waals surface area (Å²) in [5.41, 5.74) is 1.99. The van der Waals surface area contributed by atoms with E-state index in [1.165, 1.54) is 0 Å². The van der Waals surface area contributed by atoms with Gasteiger partial charge in [-0.2, -0.15) is 0 Å². The summed E-state index contributed by atoms with van der Waals surface area (Å²) < 4.78 is 7.63. The van der Waals surface area contributed by atoms with Crippen molar-refractivity contribution in [1.82, 2.24) is 19.7 Å². The quantitative estimate of drug-likeness (QED) is 0.423. The van der Waals surface area contributed by atoms with Crippen molar-refractivity contribution >= 4 is 34.4 Å². The molecule has 4 aromatic rings. The summed E-state index contributed by atoms with van der Waals surface area (Å²) in [4.78, 5) is 5.61. The van der Waals surface area contributed by atoms with Crippen LogP contribution in [0.3, 0.4) is 0 Å². The standard InChI is InChI=1S/C18H16N4OS3/c1-12-19-13(10-25-12)11-26-18-21-20-17(16-8-5-9-24-16)22(18)14-6-3-4-7-15(14)23-2/h3-10H,11H2,1-2H3. The van der Waals surface area contributed by atoms with E-state index in [0.29, 0.717) is 0 Å². The molecule has 1 aromatic carbocycles. The summed E-state index contributed by atoms with van der Waals surface area (Å²) in [7, 11) is 1.68. The van der Waals surface area contributed by atoms with E-state index >= 15 is 0 Å². The Morgan fingerprint density at radius 3 is 2.73 bits per heavy atom. The second-order valence-electron chi connectivity index (χ2n) is 5.44. The van der Waals surface area contributed by atoms with Crippen LogP contribution in [0.1, 0.15) is 10.7 Å². The minimum Gasteiger partial charge on any atom is -0.495 e. The van der Waals surface area contributed by atoms with E-state index in [4.69, 9.17) is 4.74 Å². The molecule has 0 spiro atoms. The lowest BCUT2D eigenvalue weighted by Crippen LogP contribution is -2.01. The van der Waals surface area contributed by atoms with Crippen molar-refractivity contribution in [3.63, 3.8) is 0 Å².